The van der Waals surface area contributed by atoms with Gasteiger partial charge in [0.05, 0.1) is 0 Å². The number of hydrogen-bond acceptors (Lipinski definition) is 2. The van der Waals surface area contributed by atoms with Crippen molar-refractivity contribution in [3.63, 3.8) is 0 Å². The molecule has 1 atom stereocenters. The van der Waals surface area contributed by atoms with Crippen LogP contribution in [0, 0.1) is 0 Å². The van der Waals surface area contributed by atoms with Crippen LogP contribution in [0.15, 0.2) is 0 Å². The monoisotopic (exact) mass is 311 g/mol. The van der Waals surface area contributed by atoms with Crippen molar-refractivity contribution in [3.8, 4) is 0 Å². The molecule has 0 aliphatic heterocycles. The lowest BCUT2D eigenvalue weighted by atomic mass is 10.2. The van der Waals surface area contributed by atoms with Gasteiger partial charge in [0.1, 0.15) is 6.10 Å². The molecule has 0 amide bonds. The lowest BCUT2D eigenvalue weighted by Gasteiger charge is -2.23. The van der Waals surface area contributed by atoms with Gasteiger partial charge in [0.2, 0.25) is 3.79 Å². The molecule has 2 N–H and O–H groups in total. The SMILES string of the molecule is CCCCCCCOC(CN)C(Cl)(Cl)Cl.Cl. The van der Waals surface area contributed by atoms with Gasteiger partial charge in [-0.25, -0.2) is 0 Å². The molecule has 0 bridgehead atoms. The van der Waals surface area contributed by atoms with Crippen LogP contribution in [0.25, 0.3) is 0 Å². The van der Waals surface area contributed by atoms with Crippen molar-refractivity contribution >= 4 is 47.2 Å². The third-order valence-electron chi connectivity index (χ3n) is 2.15. The first-order valence-corrected chi connectivity index (χ1v) is 6.54. The minimum Gasteiger partial charge on any atom is -0.372 e. The summed E-state index contributed by atoms with van der Waals surface area (Å²) in [5, 5.41) is 0. The number of rotatable bonds is 8. The van der Waals surface area contributed by atoms with Gasteiger partial charge in [-0.1, -0.05) is 67.4 Å². The molecule has 0 aromatic heterocycles. The van der Waals surface area contributed by atoms with E-state index in [2.05, 4.69) is 6.92 Å². The maximum atomic E-state index is 5.69. The number of unbranched alkanes of at least 4 members (excludes halogenated alkanes) is 4. The van der Waals surface area contributed by atoms with E-state index in [0.29, 0.717) is 6.61 Å². The summed E-state index contributed by atoms with van der Waals surface area (Å²) in [5.41, 5.74) is 5.44. The minimum absolute atomic E-state index is 0. The van der Waals surface area contributed by atoms with E-state index in [1.54, 1.807) is 0 Å². The van der Waals surface area contributed by atoms with Crippen LogP contribution >= 0.6 is 47.2 Å². The lowest BCUT2D eigenvalue weighted by Crippen LogP contribution is -2.36. The summed E-state index contributed by atoms with van der Waals surface area (Å²) in [7, 11) is 0. The first kappa shape index (κ1) is 19.4. The van der Waals surface area contributed by atoms with Gasteiger partial charge in [0.15, 0.2) is 0 Å². The molecule has 2 nitrogen and oxygen atoms in total. The molecule has 6 heteroatoms. The van der Waals surface area contributed by atoms with Crippen molar-refractivity contribution in [2.24, 2.45) is 5.73 Å². The Hall–Kier alpha value is 1.08. The maximum Gasteiger partial charge on any atom is 0.217 e. The van der Waals surface area contributed by atoms with Crippen LogP contribution in [-0.2, 0) is 4.74 Å². The molecule has 0 saturated carbocycles. The number of nitrogens with two attached hydrogens (primary N) is 1. The lowest BCUT2D eigenvalue weighted by molar-refractivity contribution is 0.0589. The summed E-state index contributed by atoms with van der Waals surface area (Å²) < 4.78 is 4.00. The largest absolute Gasteiger partial charge is 0.372 e. The second-order valence-electron chi connectivity index (χ2n) is 3.55. The smallest absolute Gasteiger partial charge is 0.217 e. The molecule has 0 spiro atoms. The van der Waals surface area contributed by atoms with E-state index < -0.39 is 9.90 Å². The van der Waals surface area contributed by atoms with Crippen LogP contribution in [0.1, 0.15) is 39.0 Å². The van der Waals surface area contributed by atoms with Gasteiger partial charge in [-0.2, -0.15) is 0 Å². The molecule has 0 aromatic rings. The fourth-order valence-electron chi connectivity index (χ4n) is 1.23. The van der Waals surface area contributed by atoms with Crippen molar-refractivity contribution in [1.82, 2.24) is 0 Å². The predicted octanol–water partition coefficient (Wildman–Crippen LogP) is 4.09. The Labute approximate surface area is 120 Å². The Kier molecular flexibility index (Phi) is 13.6. The standard InChI is InChI=1S/C10H20Cl3NO.ClH/c1-2-3-4-5-6-7-15-9(8-14)10(11,12)13;/h9H,2-8,14H2,1H3;1H. The van der Waals surface area contributed by atoms with E-state index in [1.165, 1.54) is 19.3 Å². The fourth-order valence-corrected chi connectivity index (χ4v) is 1.68. The second kappa shape index (κ2) is 11.2. The van der Waals surface area contributed by atoms with Crippen molar-refractivity contribution in [2.75, 3.05) is 13.2 Å². The van der Waals surface area contributed by atoms with E-state index in [0.717, 1.165) is 12.8 Å². The number of ether oxygens (including phenoxy) is 1. The molecule has 1 unspecified atom stereocenters. The van der Waals surface area contributed by atoms with Crippen LogP contribution in [0.2, 0.25) is 0 Å². The first-order valence-electron chi connectivity index (χ1n) is 5.40. The zero-order valence-corrected chi connectivity index (χ0v) is 12.6. The van der Waals surface area contributed by atoms with Crippen molar-refractivity contribution in [1.29, 1.82) is 0 Å². The summed E-state index contributed by atoms with van der Waals surface area (Å²) in [5.74, 6) is 0. The van der Waals surface area contributed by atoms with Gasteiger partial charge in [-0.15, -0.1) is 12.4 Å². The molecule has 0 aromatic carbocycles. The van der Waals surface area contributed by atoms with E-state index >= 15 is 0 Å². The van der Waals surface area contributed by atoms with Crippen LogP contribution in [0.3, 0.4) is 0 Å². The molecular weight excluding hydrogens is 292 g/mol. The highest BCUT2D eigenvalue weighted by molar-refractivity contribution is 6.68. The van der Waals surface area contributed by atoms with E-state index in [4.69, 9.17) is 45.3 Å². The average molecular weight is 313 g/mol. The van der Waals surface area contributed by atoms with Gasteiger partial charge in [-0.05, 0) is 6.42 Å². The van der Waals surface area contributed by atoms with E-state index in [-0.39, 0.29) is 19.0 Å². The van der Waals surface area contributed by atoms with E-state index in [1.807, 2.05) is 0 Å². The Morgan fingerprint density at radius 2 is 1.69 bits per heavy atom. The highest BCUT2D eigenvalue weighted by atomic mass is 35.6. The molecule has 0 radical (unpaired) electrons. The number of halogens is 4. The molecule has 0 saturated heterocycles. The summed E-state index contributed by atoms with van der Waals surface area (Å²) in [6.07, 6.45) is 5.39. The highest BCUT2D eigenvalue weighted by Gasteiger charge is 2.32. The molecule has 0 aliphatic carbocycles. The third-order valence-corrected chi connectivity index (χ3v) is 2.88. The van der Waals surface area contributed by atoms with Gasteiger partial charge in [-0.3, -0.25) is 0 Å². The average Bonchev–Trinajstić information content (AvgIpc) is 2.15. The molecule has 0 heterocycles. The topological polar surface area (TPSA) is 35.2 Å². The zero-order chi connectivity index (χ0) is 11.7. The van der Waals surface area contributed by atoms with E-state index in [9.17, 15) is 0 Å². The number of alkyl halides is 3. The number of hydrogen-bond donors (Lipinski definition) is 1. The first-order chi connectivity index (χ1) is 7.02. The molecule has 100 valence electrons. The van der Waals surface area contributed by atoms with Gasteiger partial charge in [0, 0.05) is 13.2 Å². The Balaban J connectivity index is 0. The van der Waals surface area contributed by atoms with Crippen LogP contribution in [-0.4, -0.2) is 23.0 Å². The quantitative estimate of drug-likeness (QED) is 0.541. The fraction of sp³-hybridized carbons (Fsp3) is 1.00. The van der Waals surface area contributed by atoms with Crippen molar-refractivity contribution in [2.45, 2.75) is 48.9 Å². The Morgan fingerprint density at radius 1 is 1.12 bits per heavy atom. The van der Waals surface area contributed by atoms with Gasteiger partial charge >= 0.3 is 0 Å². The molecule has 16 heavy (non-hydrogen) atoms. The highest BCUT2D eigenvalue weighted by Crippen LogP contribution is 2.31. The molecular formula is C10H21Cl4NO. The maximum absolute atomic E-state index is 5.69. The van der Waals surface area contributed by atoms with Gasteiger partial charge < -0.3 is 10.5 Å². The minimum atomic E-state index is -1.42. The predicted molar refractivity (Wildman–Crippen MR) is 75.1 cm³/mol. The molecule has 0 rings (SSSR count). The van der Waals surface area contributed by atoms with Crippen molar-refractivity contribution in [3.05, 3.63) is 0 Å². The Morgan fingerprint density at radius 3 is 2.12 bits per heavy atom. The normalized spacial score (nSPS) is 13.3. The second-order valence-corrected chi connectivity index (χ2v) is 5.92. The zero-order valence-electron chi connectivity index (χ0n) is 9.55. The summed E-state index contributed by atoms with van der Waals surface area (Å²) in [4.78, 5) is 0. The third kappa shape index (κ3) is 10.2. The summed E-state index contributed by atoms with van der Waals surface area (Å²) in [6.45, 7) is 3.02. The van der Waals surface area contributed by atoms with Crippen LogP contribution in [0.5, 0.6) is 0 Å². The summed E-state index contributed by atoms with van der Waals surface area (Å²) in [6, 6.07) is 0. The van der Waals surface area contributed by atoms with Crippen LogP contribution < -0.4 is 5.73 Å². The molecule has 0 fully saturated rings. The van der Waals surface area contributed by atoms with Crippen molar-refractivity contribution < 1.29 is 4.74 Å². The summed E-state index contributed by atoms with van der Waals surface area (Å²) >= 11 is 17.1. The Bertz CT molecular complexity index is 152. The van der Waals surface area contributed by atoms with Crippen LogP contribution in [0.4, 0.5) is 0 Å². The van der Waals surface area contributed by atoms with Gasteiger partial charge in [0.25, 0.3) is 0 Å². The molecule has 0 aliphatic rings.